The maximum absolute atomic E-state index is 12.0. The van der Waals surface area contributed by atoms with Gasteiger partial charge < -0.3 is 5.32 Å². The number of piperidine rings is 1. The number of sulfonamides is 1. The van der Waals surface area contributed by atoms with E-state index < -0.39 is 10.0 Å². The highest BCUT2D eigenvalue weighted by atomic mass is 32.2. The first-order chi connectivity index (χ1) is 9.90. The summed E-state index contributed by atoms with van der Waals surface area (Å²) in [4.78, 5) is 4.86. The zero-order valence-corrected chi connectivity index (χ0v) is 13.2. The Morgan fingerprint density at radius 2 is 2.10 bits per heavy atom. The third kappa shape index (κ3) is 2.70. The van der Waals surface area contributed by atoms with Crippen molar-refractivity contribution in [1.29, 1.82) is 0 Å². The monoisotopic (exact) mass is 307 g/mol. The average Bonchev–Trinajstić information content (AvgIpc) is 2.69. The Balaban J connectivity index is 1.85. The maximum atomic E-state index is 12.0. The lowest BCUT2D eigenvalue weighted by molar-refractivity contribution is 0.185. The molecule has 0 aliphatic carbocycles. The number of aliphatic imine (C=N–C) groups is 1. The number of nitrogens with zero attached hydrogens (tertiary/aromatic N) is 1. The van der Waals surface area contributed by atoms with Crippen LogP contribution in [0.1, 0.15) is 32.3 Å². The van der Waals surface area contributed by atoms with E-state index in [1.807, 2.05) is 6.07 Å². The van der Waals surface area contributed by atoms with Gasteiger partial charge in [-0.05, 0) is 36.9 Å². The average molecular weight is 307 g/mol. The van der Waals surface area contributed by atoms with Crippen molar-refractivity contribution in [3.05, 3.63) is 29.8 Å². The van der Waals surface area contributed by atoms with Crippen LogP contribution in [0.5, 0.6) is 0 Å². The van der Waals surface area contributed by atoms with Crippen LogP contribution in [-0.2, 0) is 10.0 Å². The number of hydrogen-bond donors (Lipinski definition) is 2. The molecule has 2 N–H and O–H groups in total. The first-order valence-electron chi connectivity index (χ1n) is 7.30. The third-order valence-electron chi connectivity index (χ3n) is 4.43. The van der Waals surface area contributed by atoms with Gasteiger partial charge in [0.15, 0.2) is 0 Å². The number of benzene rings is 1. The first-order valence-corrected chi connectivity index (χ1v) is 8.78. The van der Waals surface area contributed by atoms with Crippen LogP contribution in [-0.4, -0.2) is 33.4 Å². The van der Waals surface area contributed by atoms with E-state index in [1.54, 1.807) is 18.2 Å². The van der Waals surface area contributed by atoms with Gasteiger partial charge in [-0.15, -0.1) is 0 Å². The van der Waals surface area contributed by atoms with Crippen LogP contribution in [0.3, 0.4) is 0 Å². The molecule has 0 bridgehead atoms. The van der Waals surface area contributed by atoms with E-state index in [9.17, 15) is 8.42 Å². The summed E-state index contributed by atoms with van der Waals surface area (Å²) in [5, 5.41) is 3.49. The number of fused-ring (bicyclic) bond motifs is 1. The molecule has 2 aliphatic rings. The van der Waals surface area contributed by atoms with E-state index in [0.29, 0.717) is 22.8 Å². The van der Waals surface area contributed by atoms with Crippen LogP contribution in [0, 0.1) is 5.41 Å². The molecular weight excluding hydrogens is 286 g/mol. The second-order valence-electron chi connectivity index (χ2n) is 6.39. The van der Waals surface area contributed by atoms with Crippen LogP contribution < -0.4 is 10.0 Å². The van der Waals surface area contributed by atoms with Crippen LogP contribution in [0.25, 0.3) is 0 Å². The van der Waals surface area contributed by atoms with Gasteiger partial charge in [0.05, 0.1) is 11.4 Å². The molecule has 2 heterocycles. The highest BCUT2D eigenvalue weighted by Crippen LogP contribution is 2.30. The largest absolute Gasteiger partial charge is 0.312 e. The van der Waals surface area contributed by atoms with Crippen LogP contribution in [0.2, 0.25) is 0 Å². The van der Waals surface area contributed by atoms with E-state index in [-0.39, 0.29) is 11.5 Å². The molecule has 0 spiro atoms. The van der Waals surface area contributed by atoms with E-state index in [1.165, 1.54) is 6.42 Å². The second-order valence-corrected chi connectivity index (χ2v) is 8.04. The highest BCUT2D eigenvalue weighted by molar-refractivity contribution is 7.90. The molecule has 3 rings (SSSR count). The third-order valence-corrected chi connectivity index (χ3v) is 5.82. The Morgan fingerprint density at radius 3 is 2.86 bits per heavy atom. The number of rotatable bonds is 2. The molecule has 0 saturated carbocycles. The SMILES string of the molecule is CC1(C)CCCNC1CN=C1NS(=O)(=O)c2ccccc21. The molecule has 0 aromatic heterocycles. The van der Waals surface area contributed by atoms with E-state index in [0.717, 1.165) is 13.0 Å². The molecule has 21 heavy (non-hydrogen) atoms. The number of nitrogens with one attached hydrogen (secondary N) is 2. The summed E-state index contributed by atoms with van der Waals surface area (Å²) in [5.41, 5.74) is 0.852. The topological polar surface area (TPSA) is 70.6 Å². The summed E-state index contributed by atoms with van der Waals surface area (Å²) in [6.07, 6.45) is 2.34. The van der Waals surface area contributed by atoms with Crippen molar-refractivity contribution < 1.29 is 8.42 Å². The minimum absolute atomic E-state index is 0.180. The molecular formula is C15H21N3O2S. The Kier molecular flexibility index (Phi) is 3.53. The Morgan fingerprint density at radius 1 is 1.33 bits per heavy atom. The molecule has 1 atom stereocenters. The van der Waals surface area contributed by atoms with Gasteiger partial charge in [-0.25, -0.2) is 8.42 Å². The molecule has 1 aromatic rings. The van der Waals surface area contributed by atoms with Crippen molar-refractivity contribution in [3.63, 3.8) is 0 Å². The fourth-order valence-electron chi connectivity index (χ4n) is 3.02. The van der Waals surface area contributed by atoms with E-state index >= 15 is 0 Å². The zero-order chi connectivity index (χ0) is 15.1. The summed E-state index contributed by atoms with van der Waals surface area (Å²) < 4.78 is 26.6. The van der Waals surface area contributed by atoms with Gasteiger partial charge in [0.25, 0.3) is 10.0 Å². The van der Waals surface area contributed by atoms with Crippen molar-refractivity contribution >= 4 is 15.9 Å². The summed E-state index contributed by atoms with van der Waals surface area (Å²) in [6.45, 7) is 6.05. The fraction of sp³-hybridized carbons (Fsp3) is 0.533. The van der Waals surface area contributed by atoms with Crippen LogP contribution in [0.15, 0.2) is 34.2 Å². The molecule has 2 aliphatic heterocycles. The minimum Gasteiger partial charge on any atom is -0.312 e. The maximum Gasteiger partial charge on any atom is 0.263 e. The minimum atomic E-state index is -3.44. The lowest BCUT2D eigenvalue weighted by Gasteiger charge is -2.38. The summed E-state index contributed by atoms with van der Waals surface area (Å²) in [7, 11) is -3.44. The lowest BCUT2D eigenvalue weighted by atomic mass is 9.77. The van der Waals surface area contributed by atoms with Crippen molar-refractivity contribution in [1.82, 2.24) is 10.0 Å². The number of hydrogen-bond acceptors (Lipinski definition) is 4. The standard InChI is InChI=1S/C15H21N3O2S/c1-15(2)8-5-9-16-13(15)10-17-14-11-6-3-4-7-12(11)21(19,20)18-14/h3-4,6-7,13,16H,5,8-10H2,1-2H3,(H,17,18). The predicted octanol–water partition coefficient (Wildman–Crippen LogP) is 1.50. The lowest BCUT2D eigenvalue weighted by Crippen LogP contribution is -2.48. The molecule has 0 amide bonds. The van der Waals surface area contributed by atoms with Gasteiger partial charge in [0.1, 0.15) is 5.84 Å². The van der Waals surface area contributed by atoms with Gasteiger partial charge in [-0.3, -0.25) is 9.71 Å². The zero-order valence-electron chi connectivity index (χ0n) is 12.4. The second kappa shape index (κ2) is 5.10. The van der Waals surface area contributed by atoms with Crippen LogP contribution in [0.4, 0.5) is 0 Å². The van der Waals surface area contributed by atoms with Crippen molar-refractivity contribution in [2.45, 2.75) is 37.6 Å². The van der Waals surface area contributed by atoms with Crippen molar-refractivity contribution in [2.75, 3.05) is 13.1 Å². The molecule has 0 radical (unpaired) electrons. The van der Waals surface area contributed by atoms with Crippen LogP contribution >= 0.6 is 0 Å². The Labute approximate surface area is 125 Å². The molecule has 6 heteroatoms. The highest BCUT2D eigenvalue weighted by Gasteiger charge is 2.33. The fourth-order valence-corrected chi connectivity index (χ4v) is 4.27. The van der Waals surface area contributed by atoms with Gasteiger partial charge in [0, 0.05) is 11.6 Å². The van der Waals surface area contributed by atoms with Crippen molar-refractivity contribution in [2.24, 2.45) is 10.4 Å². The predicted molar refractivity (Wildman–Crippen MR) is 83.0 cm³/mol. The Bertz CT molecular complexity index is 680. The molecule has 114 valence electrons. The molecule has 1 saturated heterocycles. The summed E-state index contributed by atoms with van der Waals surface area (Å²) in [5.74, 6) is 0.466. The Hall–Kier alpha value is -1.40. The van der Waals surface area contributed by atoms with E-state index in [2.05, 4.69) is 28.9 Å². The molecule has 1 unspecified atom stereocenters. The van der Waals surface area contributed by atoms with Gasteiger partial charge in [-0.1, -0.05) is 26.0 Å². The smallest absolute Gasteiger partial charge is 0.263 e. The van der Waals surface area contributed by atoms with E-state index in [4.69, 9.17) is 0 Å². The molecule has 1 aromatic carbocycles. The number of amidine groups is 1. The van der Waals surface area contributed by atoms with Crippen molar-refractivity contribution in [3.8, 4) is 0 Å². The van der Waals surface area contributed by atoms with Gasteiger partial charge in [-0.2, -0.15) is 0 Å². The summed E-state index contributed by atoms with van der Waals surface area (Å²) >= 11 is 0. The normalized spacial score (nSPS) is 28.1. The van der Waals surface area contributed by atoms with Gasteiger partial charge in [0.2, 0.25) is 0 Å². The van der Waals surface area contributed by atoms with Gasteiger partial charge >= 0.3 is 0 Å². The summed E-state index contributed by atoms with van der Waals surface area (Å²) in [6, 6.07) is 7.25. The first kappa shape index (κ1) is 14.5. The molecule has 1 fully saturated rings. The quantitative estimate of drug-likeness (QED) is 0.870. The molecule has 5 nitrogen and oxygen atoms in total.